The average Bonchev–Trinajstić information content (AvgIpc) is 2.93. The van der Waals surface area contributed by atoms with Gasteiger partial charge in [0.2, 0.25) is 0 Å². The Hall–Kier alpha value is -0.380. The Morgan fingerprint density at radius 1 is 1.42 bits per heavy atom. The molecule has 2 atom stereocenters. The van der Waals surface area contributed by atoms with Gasteiger partial charge >= 0.3 is 0 Å². The van der Waals surface area contributed by atoms with Gasteiger partial charge in [0.05, 0.1) is 0 Å². The fourth-order valence-electron chi connectivity index (χ4n) is 3.19. The zero-order chi connectivity index (χ0) is 13.1. The molecule has 1 N–H and O–H groups in total. The molecule has 1 saturated heterocycles. The normalized spacial score (nSPS) is 25.8. The smallest absolute Gasteiger partial charge is 0.0441 e. The first-order valence-corrected chi connectivity index (χ1v) is 8.75. The Bertz CT molecular complexity index is 372. The van der Waals surface area contributed by atoms with E-state index in [9.17, 15) is 0 Å². The van der Waals surface area contributed by atoms with Crippen molar-refractivity contribution in [3.63, 3.8) is 0 Å². The van der Waals surface area contributed by atoms with Gasteiger partial charge in [-0.1, -0.05) is 19.4 Å². The van der Waals surface area contributed by atoms with Crippen molar-refractivity contribution in [2.24, 2.45) is 5.92 Å². The SMILES string of the molecule is CCCC(c1cccs1)N1CCC(CNC2CC2)C1. The van der Waals surface area contributed by atoms with Crippen molar-refractivity contribution in [3.05, 3.63) is 22.4 Å². The minimum Gasteiger partial charge on any atom is -0.314 e. The summed E-state index contributed by atoms with van der Waals surface area (Å²) in [5, 5.41) is 5.92. The molecule has 1 saturated carbocycles. The minimum atomic E-state index is 0.677. The van der Waals surface area contributed by atoms with E-state index in [-0.39, 0.29) is 0 Å². The van der Waals surface area contributed by atoms with Crippen LogP contribution in [0.3, 0.4) is 0 Å². The number of nitrogens with zero attached hydrogens (tertiary/aromatic N) is 1. The van der Waals surface area contributed by atoms with E-state index in [1.165, 1.54) is 51.7 Å². The Morgan fingerprint density at radius 3 is 3.00 bits per heavy atom. The molecule has 106 valence electrons. The van der Waals surface area contributed by atoms with Gasteiger partial charge in [0.15, 0.2) is 0 Å². The molecule has 3 heteroatoms. The maximum absolute atomic E-state index is 3.70. The molecule has 0 amide bonds. The van der Waals surface area contributed by atoms with Crippen molar-refractivity contribution >= 4 is 11.3 Å². The predicted molar refractivity (Wildman–Crippen MR) is 82.7 cm³/mol. The number of hydrogen-bond donors (Lipinski definition) is 1. The molecule has 1 aliphatic heterocycles. The minimum absolute atomic E-state index is 0.677. The highest BCUT2D eigenvalue weighted by atomic mass is 32.1. The van der Waals surface area contributed by atoms with Gasteiger partial charge in [-0.3, -0.25) is 4.90 Å². The van der Waals surface area contributed by atoms with Crippen LogP contribution in [-0.2, 0) is 0 Å². The molecular weight excluding hydrogens is 252 g/mol. The Labute approximate surface area is 121 Å². The molecule has 1 aromatic heterocycles. The van der Waals surface area contributed by atoms with Crippen molar-refractivity contribution in [1.29, 1.82) is 0 Å². The van der Waals surface area contributed by atoms with Crippen molar-refractivity contribution in [3.8, 4) is 0 Å². The molecule has 2 aliphatic rings. The molecular formula is C16H26N2S. The van der Waals surface area contributed by atoms with Crippen LogP contribution in [0.15, 0.2) is 17.5 Å². The molecule has 0 radical (unpaired) electrons. The summed E-state index contributed by atoms with van der Waals surface area (Å²) in [6, 6.07) is 6.06. The topological polar surface area (TPSA) is 15.3 Å². The third kappa shape index (κ3) is 3.59. The molecule has 19 heavy (non-hydrogen) atoms. The predicted octanol–water partition coefficient (Wildman–Crippen LogP) is 3.66. The summed E-state index contributed by atoms with van der Waals surface area (Å²) in [5.41, 5.74) is 0. The lowest BCUT2D eigenvalue weighted by Gasteiger charge is -2.27. The number of nitrogens with one attached hydrogen (secondary N) is 1. The molecule has 0 spiro atoms. The van der Waals surface area contributed by atoms with E-state index in [4.69, 9.17) is 0 Å². The average molecular weight is 278 g/mol. The highest BCUT2D eigenvalue weighted by Gasteiger charge is 2.30. The van der Waals surface area contributed by atoms with E-state index in [1.54, 1.807) is 4.88 Å². The van der Waals surface area contributed by atoms with E-state index in [0.717, 1.165) is 12.0 Å². The lowest BCUT2D eigenvalue weighted by molar-refractivity contribution is 0.226. The van der Waals surface area contributed by atoms with Crippen molar-refractivity contribution in [2.75, 3.05) is 19.6 Å². The zero-order valence-electron chi connectivity index (χ0n) is 12.0. The van der Waals surface area contributed by atoms with Crippen LogP contribution in [0.4, 0.5) is 0 Å². The molecule has 0 bridgehead atoms. The molecule has 2 nitrogen and oxygen atoms in total. The number of rotatable bonds is 7. The van der Waals surface area contributed by atoms with Crippen LogP contribution in [0, 0.1) is 5.92 Å². The molecule has 2 heterocycles. The fourth-order valence-corrected chi connectivity index (χ4v) is 4.09. The second-order valence-electron chi connectivity index (χ2n) is 6.15. The number of thiophene rings is 1. The lowest BCUT2D eigenvalue weighted by Crippen LogP contribution is -2.29. The van der Waals surface area contributed by atoms with Crippen LogP contribution in [0.25, 0.3) is 0 Å². The highest BCUT2D eigenvalue weighted by Crippen LogP contribution is 2.33. The third-order valence-corrected chi connectivity index (χ3v) is 5.44. The van der Waals surface area contributed by atoms with E-state index in [0.29, 0.717) is 6.04 Å². The van der Waals surface area contributed by atoms with Crippen LogP contribution in [0.1, 0.15) is 49.9 Å². The first-order chi connectivity index (χ1) is 9.36. The Morgan fingerprint density at radius 2 is 2.32 bits per heavy atom. The monoisotopic (exact) mass is 278 g/mol. The standard InChI is InChI=1S/C16H26N2S/c1-2-4-15(16-5-3-10-19-16)18-9-8-13(12-18)11-17-14-6-7-14/h3,5,10,13-15,17H,2,4,6-9,11-12H2,1H3. The Kier molecular flexibility index (Phi) is 4.57. The zero-order valence-corrected chi connectivity index (χ0v) is 12.8. The van der Waals surface area contributed by atoms with Crippen molar-refractivity contribution in [2.45, 2.75) is 51.1 Å². The molecule has 2 unspecified atom stereocenters. The van der Waals surface area contributed by atoms with Crippen LogP contribution in [-0.4, -0.2) is 30.6 Å². The van der Waals surface area contributed by atoms with Crippen LogP contribution in [0.2, 0.25) is 0 Å². The van der Waals surface area contributed by atoms with Crippen LogP contribution >= 0.6 is 11.3 Å². The first kappa shape index (κ1) is 13.6. The first-order valence-electron chi connectivity index (χ1n) is 7.87. The highest BCUT2D eigenvalue weighted by molar-refractivity contribution is 7.10. The van der Waals surface area contributed by atoms with Gasteiger partial charge in [-0.25, -0.2) is 0 Å². The van der Waals surface area contributed by atoms with E-state index in [2.05, 4.69) is 34.7 Å². The summed E-state index contributed by atoms with van der Waals surface area (Å²) in [6.45, 7) is 6.13. The van der Waals surface area contributed by atoms with Gasteiger partial charge in [0, 0.05) is 23.5 Å². The van der Waals surface area contributed by atoms with Crippen molar-refractivity contribution < 1.29 is 0 Å². The fraction of sp³-hybridized carbons (Fsp3) is 0.750. The molecule has 0 aromatic carbocycles. The quantitative estimate of drug-likeness (QED) is 0.819. The Balaban J connectivity index is 1.54. The summed E-state index contributed by atoms with van der Waals surface area (Å²) in [5.74, 6) is 0.875. The van der Waals surface area contributed by atoms with Gasteiger partial charge < -0.3 is 5.32 Å². The lowest BCUT2D eigenvalue weighted by atomic mass is 10.1. The van der Waals surface area contributed by atoms with Crippen LogP contribution in [0.5, 0.6) is 0 Å². The van der Waals surface area contributed by atoms with Gasteiger partial charge in [0.25, 0.3) is 0 Å². The van der Waals surface area contributed by atoms with Gasteiger partial charge in [-0.05, 0) is 56.1 Å². The van der Waals surface area contributed by atoms with E-state index in [1.807, 2.05) is 11.3 Å². The summed E-state index contributed by atoms with van der Waals surface area (Å²) in [4.78, 5) is 4.30. The summed E-state index contributed by atoms with van der Waals surface area (Å²) in [7, 11) is 0. The van der Waals surface area contributed by atoms with Crippen LogP contribution < -0.4 is 5.32 Å². The maximum atomic E-state index is 3.70. The second kappa shape index (κ2) is 6.38. The summed E-state index contributed by atoms with van der Waals surface area (Å²) in [6.07, 6.45) is 6.78. The van der Waals surface area contributed by atoms with Gasteiger partial charge in [-0.15, -0.1) is 11.3 Å². The largest absolute Gasteiger partial charge is 0.314 e. The number of likely N-dealkylation sites (tertiary alicyclic amines) is 1. The van der Waals surface area contributed by atoms with Gasteiger partial charge in [-0.2, -0.15) is 0 Å². The van der Waals surface area contributed by atoms with E-state index >= 15 is 0 Å². The van der Waals surface area contributed by atoms with E-state index < -0.39 is 0 Å². The number of hydrogen-bond acceptors (Lipinski definition) is 3. The molecule has 3 rings (SSSR count). The molecule has 1 aromatic rings. The second-order valence-corrected chi connectivity index (χ2v) is 7.13. The van der Waals surface area contributed by atoms with Crippen molar-refractivity contribution in [1.82, 2.24) is 10.2 Å². The summed E-state index contributed by atoms with van der Waals surface area (Å²) >= 11 is 1.93. The molecule has 2 fully saturated rings. The maximum Gasteiger partial charge on any atom is 0.0441 e. The van der Waals surface area contributed by atoms with Gasteiger partial charge in [0.1, 0.15) is 0 Å². The third-order valence-electron chi connectivity index (χ3n) is 4.46. The summed E-state index contributed by atoms with van der Waals surface area (Å²) < 4.78 is 0. The molecule has 1 aliphatic carbocycles.